The molecule has 1 atom stereocenters. The molecule has 3 N–H and O–H groups in total. The summed E-state index contributed by atoms with van der Waals surface area (Å²) in [6, 6.07) is 12.2. The maximum atomic E-state index is 12.1. The van der Waals surface area contributed by atoms with Gasteiger partial charge in [-0.05, 0) is 48.9 Å². The number of hydrogen-bond acceptors (Lipinski definition) is 3. The zero-order valence-electron chi connectivity index (χ0n) is 15.4. The number of carbonyl (C=O) groups is 2. The number of likely N-dealkylation sites (N-methyl/N-ethyl adjacent to an activating group) is 1. The van der Waals surface area contributed by atoms with Gasteiger partial charge in [-0.2, -0.15) is 0 Å². The molecular weight excluding hydrogens is 375 g/mol. The van der Waals surface area contributed by atoms with E-state index < -0.39 is 6.36 Å². The van der Waals surface area contributed by atoms with Crippen LogP contribution in [0.5, 0.6) is 5.75 Å². The largest absolute Gasteiger partial charge is 0.573 e. The van der Waals surface area contributed by atoms with Gasteiger partial charge in [0.15, 0.2) is 13.1 Å². The standard InChI is InChI=1S/C19H20F3N3O3/c1-13-4-3-5-15(10-13)24-18(27)12-25(2)11-17(26)23-14-6-8-16(9-7-14)28-19(20,21)22/h3-10H,11-12H2,1-2H3,(H,23,26)(H,24,27)/p+1. The van der Waals surface area contributed by atoms with Gasteiger partial charge in [0.25, 0.3) is 11.8 Å². The highest BCUT2D eigenvalue weighted by Gasteiger charge is 2.31. The van der Waals surface area contributed by atoms with E-state index in [1.54, 1.807) is 13.1 Å². The van der Waals surface area contributed by atoms with E-state index in [1.165, 1.54) is 12.1 Å². The Balaban J connectivity index is 1.79. The highest BCUT2D eigenvalue weighted by Crippen LogP contribution is 2.23. The van der Waals surface area contributed by atoms with Crippen LogP contribution in [0.3, 0.4) is 0 Å². The Morgan fingerprint density at radius 3 is 2.07 bits per heavy atom. The van der Waals surface area contributed by atoms with E-state index in [-0.39, 0.29) is 30.7 Å². The Morgan fingerprint density at radius 1 is 0.964 bits per heavy atom. The molecule has 6 nitrogen and oxygen atoms in total. The van der Waals surface area contributed by atoms with Crippen LogP contribution in [0, 0.1) is 6.92 Å². The molecule has 0 saturated heterocycles. The average Bonchev–Trinajstić information content (AvgIpc) is 2.54. The molecule has 2 aromatic rings. The SMILES string of the molecule is Cc1cccc(NC(=O)C[NH+](C)CC(=O)Nc2ccc(OC(F)(F)F)cc2)c1. The Hall–Kier alpha value is -3.07. The topological polar surface area (TPSA) is 71.9 Å². The van der Waals surface area contributed by atoms with Crippen molar-refractivity contribution < 1.29 is 32.4 Å². The Kier molecular flexibility index (Phi) is 7.00. The third-order valence-electron chi connectivity index (χ3n) is 3.60. The molecule has 0 aromatic heterocycles. The lowest BCUT2D eigenvalue weighted by Crippen LogP contribution is -3.11. The van der Waals surface area contributed by atoms with Crippen LogP contribution < -0.4 is 20.3 Å². The van der Waals surface area contributed by atoms with Crippen molar-refractivity contribution in [3.05, 3.63) is 54.1 Å². The number of ether oxygens (including phenoxy) is 1. The minimum absolute atomic E-state index is 0.0159. The van der Waals surface area contributed by atoms with Crippen LogP contribution in [0.4, 0.5) is 24.5 Å². The zero-order chi connectivity index (χ0) is 20.7. The molecular formula is C19H21F3N3O3+. The molecule has 0 spiro atoms. The zero-order valence-corrected chi connectivity index (χ0v) is 15.4. The number of alkyl halides is 3. The first kappa shape index (κ1) is 21.2. The predicted molar refractivity (Wildman–Crippen MR) is 98.2 cm³/mol. The first-order chi connectivity index (χ1) is 13.1. The van der Waals surface area contributed by atoms with E-state index in [4.69, 9.17) is 0 Å². The summed E-state index contributed by atoms with van der Waals surface area (Å²) >= 11 is 0. The summed E-state index contributed by atoms with van der Waals surface area (Å²) in [5.74, 6) is -0.976. The van der Waals surface area contributed by atoms with Crippen molar-refractivity contribution in [1.29, 1.82) is 0 Å². The predicted octanol–water partition coefficient (Wildman–Crippen LogP) is 1.99. The Morgan fingerprint density at radius 2 is 1.54 bits per heavy atom. The lowest BCUT2D eigenvalue weighted by atomic mass is 10.2. The van der Waals surface area contributed by atoms with E-state index in [1.807, 2.05) is 25.1 Å². The molecule has 150 valence electrons. The fourth-order valence-corrected chi connectivity index (χ4v) is 2.48. The number of halogens is 3. The van der Waals surface area contributed by atoms with Crippen LogP contribution in [-0.4, -0.2) is 38.3 Å². The van der Waals surface area contributed by atoms with Gasteiger partial charge in [0, 0.05) is 11.4 Å². The third-order valence-corrected chi connectivity index (χ3v) is 3.60. The van der Waals surface area contributed by atoms with Gasteiger partial charge in [-0.25, -0.2) is 0 Å². The van der Waals surface area contributed by atoms with Crippen molar-refractivity contribution in [3.8, 4) is 5.75 Å². The molecule has 2 rings (SSSR count). The minimum atomic E-state index is -4.77. The van der Waals surface area contributed by atoms with Crippen molar-refractivity contribution in [2.45, 2.75) is 13.3 Å². The number of anilines is 2. The summed E-state index contributed by atoms with van der Waals surface area (Å²) in [6.07, 6.45) is -4.77. The highest BCUT2D eigenvalue weighted by molar-refractivity contribution is 5.93. The summed E-state index contributed by atoms with van der Waals surface area (Å²) in [5, 5.41) is 5.33. The fourth-order valence-electron chi connectivity index (χ4n) is 2.48. The summed E-state index contributed by atoms with van der Waals surface area (Å²) in [6.45, 7) is 2.01. The third kappa shape index (κ3) is 7.67. The molecule has 0 fully saturated rings. The van der Waals surface area contributed by atoms with E-state index >= 15 is 0 Å². The van der Waals surface area contributed by atoms with Crippen molar-refractivity contribution in [1.82, 2.24) is 0 Å². The van der Waals surface area contributed by atoms with Gasteiger partial charge in [-0.15, -0.1) is 13.2 Å². The van der Waals surface area contributed by atoms with E-state index in [2.05, 4.69) is 15.4 Å². The monoisotopic (exact) mass is 396 g/mol. The molecule has 0 heterocycles. The van der Waals surface area contributed by atoms with Crippen LogP contribution in [-0.2, 0) is 9.59 Å². The van der Waals surface area contributed by atoms with Crippen LogP contribution in [0.15, 0.2) is 48.5 Å². The second-order valence-corrected chi connectivity index (χ2v) is 6.35. The van der Waals surface area contributed by atoms with Crippen molar-refractivity contribution in [2.24, 2.45) is 0 Å². The fraction of sp³-hybridized carbons (Fsp3) is 0.263. The van der Waals surface area contributed by atoms with Gasteiger partial charge in [-0.3, -0.25) is 9.59 Å². The Labute approximate surface area is 160 Å². The normalized spacial score (nSPS) is 12.2. The summed E-state index contributed by atoms with van der Waals surface area (Å²) in [5.41, 5.74) is 2.03. The van der Waals surface area contributed by atoms with Gasteiger partial charge in [0.05, 0.1) is 7.05 Å². The van der Waals surface area contributed by atoms with Gasteiger partial charge in [0.1, 0.15) is 5.75 Å². The van der Waals surface area contributed by atoms with Gasteiger partial charge in [0.2, 0.25) is 0 Å². The minimum Gasteiger partial charge on any atom is -0.406 e. The maximum absolute atomic E-state index is 12.1. The smallest absolute Gasteiger partial charge is 0.406 e. The number of nitrogens with one attached hydrogen (secondary N) is 3. The molecule has 0 bridgehead atoms. The summed E-state index contributed by atoms with van der Waals surface area (Å²) in [4.78, 5) is 24.8. The van der Waals surface area contributed by atoms with Crippen molar-refractivity contribution in [2.75, 3.05) is 30.8 Å². The second-order valence-electron chi connectivity index (χ2n) is 6.35. The number of rotatable bonds is 7. The molecule has 1 unspecified atom stereocenters. The van der Waals surface area contributed by atoms with Crippen LogP contribution in [0.2, 0.25) is 0 Å². The first-order valence-corrected chi connectivity index (χ1v) is 8.44. The molecule has 0 aliphatic carbocycles. The molecule has 0 aliphatic heterocycles. The number of quaternary nitrogens is 1. The molecule has 0 aliphatic rings. The van der Waals surface area contributed by atoms with Gasteiger partial charge < -0.3 is 20.3 Å². The lowest BCUT2D eigenvalue weighted by Gasteiger charge is -2.14. The average molecular weight is 396 g/mol. The number of benzene rings is 2. The van der Waals surface area contributed by atoms with Crippen LogP contribution >= 0.6 is 0 Å². The van der Waals surface area contributed by atoms with E-state index in [0.717, 1.165) is 17.7 Å². The molecule has 2 aromatic carbocycles. The second kappa shape index (κ2) is 9.23. The van der Waals surface area contributed by atoms with E-state index in [9.17, 15) is 22.8 Å². The number of amides is 2. The Bertz CT molecular complexity index is 823. The molecule has 2 amide bonds. The highest BCUT2D eigenvalue weighted by atomic mass is 19.4. The van der Waals surface area contributed by atoms with Crippen molar-refractivity contribution >= 4 is 23.2 Å². The van der Waals surface area contributed by atoms with E-state index in [0.29, 0.717) is 16.3 Å². The van der Waals surface area contributed by atoms with Crippen LogP contribution in [0.1, 0.15) is 5.56 Å². The van der Waals surface area contributed by atoms with Crippen molar-refractivity contribution in [3.63, 3.8) is 0 Å². The lowest BCUT2D eigenvalue weighted by molar-refractivity contribution is -0.862. The molecule has 9 heteroatoms. The number of hydrogen-bond donors (Lipinski definition) is 3. The first-order valence-electron chi connectivity index (χ1n) is 8.44. The van der Waals surface area contributed by atoms with Gasteiger partial charge >= 0.3 is 6.36 Å². The van der Waals surface area contributed by atoms with Crippen LogP contribution in [0.25, 0.3) is 0 Å². The summed E-state index contributed by atoms with van der Waals surface area (Å²) in [7, 11) is 1.69. The van der Waals surface area contributed by atoms with Gasteiger partial charge in [-0.1, -0.05) is 12.1 Å². The summed E-state index contributed by atoms with van der Waals surface area (Å²) < 4.78 is 40.2. The quantitative estimate of drug-likeness (QED) is 0.670. The maximum Gasteiger partial charge on any atom is 0.573 e. The molecule has 0 radical (unpaired) electrons. The number of aryl methyl sites for hydroxylation is 1. The molecule has 28 heavy (non-hydrogen) atoms. The number of carbonyl (C=O) groups excluding carboxylic acids is 2. The molecule has 0 saturated carbocycles.